The fourth-order valence-corrected chi connectivity index (χ4v) is 3.06. The molecule has 0 saturated carbocycles. The number of hydrogen-bond donors (Lipinski definition) is 1. The number of aliphatic carboxylic acids is 1. The highest BCUT2D eigenvalue weighted by atomic mass is 16.6. The number of amides is 2. The molecule has 1 N–H and O–H groups in total. The first-order valence-electron chi connectivity index (χ1n) is 8.17. The maximum absolute atomic E-state index is 12.5. The van der Waals surface area contributed by atoms with E-state index in [1.54, 1.807) is 9.80 Å². The van der Waals surface area contributed by atoms with Gasteiger partial charge in [0, 0.05) is 32.1 Å². The van der Waals surface area contributed by atoms with Crippen LogP contribution in [0.15, 0.2) is 0 Å². The summed E-state index contributed by atoms with van der Waals surface area (Å²) in [6.07, 6.45) is 1.40. The average molecular weight is 326 g/mol. The lowest BCUT2D eigenvalue weighted by atomic mass is 9.95. The predicted molar refractivity (Wildman–Crippen MR) is 82.9 cm³/mol. The van der Waals surface area contributed by atoms with Crippen LogP contribution in [-0.2, 0) is 14.3 Å². The van der Waals surface area contributed by atoms with E-state index < -0.39 is 17.5 Å². The zero-order valence-corrected chi connectivity index (χ0v) is 14.1. The lowest BCUT2D eigenvalue weighted by molar-refractivity contribution is -0.142. The van der Waals surface area contributed by atoms with E-state index in [4.69, 9.17) is 9.84 Å². The second-order valence-corrected chi connectivity index (χ2v) is 7.35. The second-order valence-electron chi connectivity index (χ2n) is 7.35. The van der Waals surface area contributed by atoms with Gasteiger partial charge in [-0.1, -0.05) is 0 Å². The third kappa shape index (κ3) is 4.59. The summed E-state index contributed by atoms with van der Waals surface area (Å²) >= 11 is 0. The number of piperidine rings is 1. The van der Waals surface area contributed by atoms with Crippen molar-refractivity contribution in [1.29, 1.82) is 0 Å². The van der Waals surface area contributed by atoms with Crippen LogP contribution in [0.1, 0.15) is 40.0 Å². The van der Waals surface area contributed by atoms with Crippen molar-refractivity contribution in [3.63, 3.8) is 0 Å². The van der Waals surface area contributed by atoms with Crippen LogP contribution in [-0.4, -0.2) is 64.7 Å². The Morgan fingerprint density at radius 2 is 1.48 bits per heavy atom. The summed E-state index contributed by atoms with van der Waals surface area (Å²) in [5.74, 6) is -1.38. The van der Waals surface area contributed by atoms with Crippen molar-refractivity contribution < 1.29 is 24.2 Å². The molecule has 2 saturated heterocycles. The second kappa shape index (κ2) is 6.76. The van der Waals surface area contributed by atoms with Crippen LogP contribution < -0.4 is 0 Å². The van der Waals surface area contributed by atoms with Crippen LogP contribution in [0.5, 0.6) is 0 Å². The minimum atomic E-state index is -0.833. The van der Waals surface area contributed by atoms with Gasteiger partial charge in [0.2, 0.25) is 5.91 Å². The first-order chi connectivity index (χ1) is 10.7. The van der Waals surface area contributed by atoms with Crippen LogP contribution in [0.2, 0.25) is 0 Å². The number of likely N-dealkylation sites (tertiary alicyclic amines) is 2. The molecule has 7 nitrogen and oxygen atoms in total. The summed E-state index contributed by atoms with van der Waals surface area (Å²) in [5.41, 5.74) is -0.523. The Hall–Kier alpha value is -1.79. The molecule has 130 valence electrons. The number of carbonyl (C=O) groups excluding carboxylic acids is 2. The molecule has 7 heteroatoms. The minimum absolute atomic E-state index is 0.0255. The molecular weight excluding hydrogens is 300 g/mol. The number of nitrogens with zero attached hydrogens (tertiary/aromatic N) is 2. The van der Waals surface area contributed by atoms with Gasteiger partial charge >= 0.3 is 12.1 Å². The zero-order chi connectivity index (χ0) is 17.2. The highest BCUT2D eigenvalue weighted by Crippen LogP contribution is 2.25. The normalized spacial score (nSPS) is 23.0. The van der Waals surface area contributed by atoms with E-state index in [2.05, 4.69) is 0 Å². The van der Waals surface area contributed by atoms with Gasteiger partial charge in [-0.25, -0.2) is 4.79 Å². The minimum Gasteiger partial charge on any atom is -0.481 e. The molecule has 2 fully saturated rings. The fraction of sp³-hybridized carbons (Fsp3) is 0.812. The third-order valence-corrected chi connectivity index (χ3v) is 4.35. The Morgan fingerprint density at radius 3 is 1.96 bits per heavy atom. The average Bonchev–Trinajstić information content (AvgIpc) is 2.95. The molecule has 0 aliphatic carbocycles. The molecule has 2 rings (SSSR count). The van der Waals surface area contributed by atoms with Crippen LogP contribution in [0, 0.1) is 11.8 Å². The van der Waals surface area contributed by atoms with Crippen molar-refractivity contribution in [2.75, 3.05) is 26.2 Å². The number of carboxylic acid groups (broad SMARTS) is 1. The standard InChI is InChI=1S/C16H26N2O5/c1-16(2,3)23-15(22)17-7-4-11(5-8-17)13(19)18-9-6-12(10-18)14(20)21/h11-12H,4-10H2,1-3H3,(H,20,21). The maximum Gasteiger partial charge on any atom is 0.410 e. The van der Waals surface area contributed by atoms with E-state index in [0.29, 0.717) is 45.4 Å². The summed E-state index contributed by atoms with van der Waals surface area (Å²) in [6, 6.07) is 0. The summed E-state index contributed by atoms with van der Waals surface area (Å²) in [6.45, 7) is 7.31. The Bertz CT molecular complexity index is 477. The van der Waals surface area contributed by atoms with Gasteiger partial charge in [-0.2, -0.15) is 0 Å². The Morgan fingerprint density at radius 1 is 0.957 bits per heavy atom. The molecule has 2 aliphatic rings. The number of carboxylic acids is 1. The molecule has 0 aromatic rings. The van der Waals surface area contributed by atoms with Gasteiger partial charge in [0.15, 0.2) is 0 Å². The molecule has 2 heterocycles. The van der Waals surface area contributed by atoms with E-state index in [9.17, 15) is 14.4 Å². The van der Waals surface area contributed by atoms with Gasteiger partial charge in [-0.05, 0) is 40.0 Å². The summed E-state index contributed by atoms with van der Waals surface area (Å²) in [7, 11) is 0. The molecule has 0 bridgehead atoms. The topological polar surface area (TPSA) is 87.2 Å². The van der Waals surface area contributed by atoms with Crippen molar-refractivity contribution in [2.45, 2.75) is 45.6 Å². The molecule has 1 unspecified atom stereocenters. The van der Waals surface area contributed by atoms with E-state index in [-0.39, 0.29) is 17.9 Å². The lowest BCUT2D eigenvalue weighted by Gasteiger charge is -2.34. The van der Waals surface area contributed by atoms with Gasteiger partial charge < -0.3 is 19.6 Å². The van der Waals surface area contributed by atoms with Crippen molar-refractivity contribution in [3.8, 4) is 0 Å². The van der Waals surface area contributed by atoms with Gasteiger partial charge in [0.05, 0.1) is 5.92 Å². The van der Waals surface area contributed by atoms with Gasteiger partial charge in [-0.15, -0.1) is 0 Å². The van der Waals surface area contributed by atoms with Crippen LogP contribution in [0.4, 0.5) is 4.79 Å². The van der Waals surface area contributed by atoms with Gasteiger partial charge in [0.1, 0.15) is 5.60 Å². The molecule has 2 amide bonds. The van der Waals surface area contributed by atoms with E-state index in [1.807, 2.05) is 20.8 Å². The van der Waals surface area contributed by atoms with Crippen molar-refractivity contribution in [1.82, 2.24) is 9.80 Å². The van der Waals surface area contributed by atoms with Crippen LogP contribution in [0.25, 0.3) is 0 Å². The molecule has 0 spiro atoms. The first kappa shape index (κ1) is 17.6. The van der Waals surface area contributed by atoms with Crippen LogP contribution >= 0.6 is 0 Å². The number of carbonyl (C=O) groups is 3. The molecule has 1 atom stereocenters. The van der Waals surface area contributed by atoms with E-state index in [0.717, 1.165) is 0 Å². The molecule has 2 aliphatic heterocycles. The molecule has 0 aromatic carbocycles. The molecule has 0 radical (unpaired) electrons. The zero-order valence-electron chi connectivity index (χ0n) is 14.1. The summed E-state index contributed by atoms with van der Waals surface area (Å²) in [5, 5.41) is 9.02. The number of ether oxygens (including phenoxy) is 1. The highest BCUT2D eigenvalue weighted by molar-refractivity contribution is 5.81. The lowest BCUT2D eigenvalue weighted by Crippen LogP contribution is -2.45. The first-order valence-corrected chi connectivity index (χ1v) is 8.17. The summed E-state index contributed by atoms with van der Waals surface area (Å²) < 4.78 is 5.34. The largest absolute Gasteiger partial charge is 0.481 e. The fourth-order valence-electron chi connectivity index (χ4n) is 3.06. The number of rotatable bonds is 2. The molecule has 23 heavy (non-hydrogen) atoms. The van der Waals surface area contributed by atoms with Gasteiger partial charge in [0.25, 0.3) is 0 Å². The summed E-state index contributed by atoms with van der Waals surface area (Å²) in [4.78, 5) is 38.8. The van der Waals surface area contributed by atoms with Gasteiger partial charge in [-0.3, -0.25) is 9.59 Å². The monoisotopic (exact) mass is 326 g/mol. The van der Waals surface area contributed by atoms with Crippen molar-refractivity contribution >= 4 is 18.0 Å². The van der Waals surface area contributed by atoms with E-state index in [1.165, 1.54) is 0 Å². The Balaban J connectivity index is 1.81. The smallest absolute Gasteiger partial charge is 0.410 e. The van der Waals surface area contributed by atoms with Crippen LogP contribution in [0.3, 0.4) is 0 Å². The van der Waals surface area contributed by atoms with E-state index >= 15 is 0 Å². The van der Waals surface area contributed by atoms with Crippen molar-refractivity contribution in [3.05, 3.63) is 0 Å². The Kier molecular flexibility index (Phi) is 5.16. The highest BCUT2D eigenvalue weighted by Gasteiger charge is 2.36. The predicted octanol–water partition coefficient (Wildman–Crippen LogP) is 1.57. The van der Waals surface area contributed by atoms with Crippen molar-refractivity contribution in [2.24, 2.45) is 11.8 Å². The molecular formula is C16H26N2O5. The Labute approximate surface area is 136 Å². The SMILES string of the molecule is CC(C)(C)OC(=O)N1CCC(C(=O)N2CCC(C(=O)O)C2)CC1. The quantitative estimate of drug-likeness (QED) is 0.832. The number of hydrogen-bond acceptors (Lipinski definition) is 4. The maximum atomic E-state index is 12.5. The third-order valence-electron chi connectivity index (χ3n) is 4.35. The molecule has 0 aromatic heterocycles.